The van der Waals surface area contributed by atoms with Gasteiger partial charge in [-0.2, -0.15) is 0 Å². The van der Waals surface area contributed by atoms with Crippen molar-refractivity contribution >= 4 is 11.8 Å². The Kier molecular flexibility index (Phi) is 7.11. The van der Waals surface area contributed by atoms with E-state index in [-0.39, 0.29) is 17.7 Å². The molecule has 2 fully saturated rings. The second kappa shape index (κ2) is 9.55. The van der Waals surface area contributed by atoms with E-state index < -0.39 is 0 Å². The quantitative estimate of drug-likeness (QED) is 0.848. The molecule has 2 aliphatic rings. The molecule has 2 saturated heterocycles. The summed E-state index contributed by atoms with van der Waals surface area (Å²) in [7, 11) is 0. The van der Waals surface area contributed by atoms with Gasteiger partial charge in [-0.25, -0.2) is 0 Å². The van der Waals surface area contributed by atoms with E-state index in [4.69, 9.17) is 0 Å². The van der Waals surface area contributed by atoms with Crippen LogP contribution < -0.4 is 5.32 Å². The minimum Gasteiger partial charge on any atom is -0.352 e. The van der Waals surface area contributed by atoms with Gasteiger partial charge in [-0.1, -0.05) is 38.1 Å². The number of rotatable bonds is 5. The van der Waals surface area contributed by atoms with Gasteiger partial charge in [0.1, 0.15) is 0 Å². The first-order chi connectivity index (χ1) is 13.4. The fourth-order valence-corrected chi connectivity index (χ4v) is 4.85. The van der Waals surface area contributed by atoms with Gasteiger partial charge in [0.05, 0.1) is 5.92 Å². The first-order valence-electron chi connectivity index (χ1n) is 10.7. The summed E-state index contributed by atoms with van der Waals surface area (Å²) in [5.41, 5.74) is 2.50. The van der Waals surface area contributed by atoms with E-state index in [0.717, 1.165) is 50.9 Å². The first kappa shape index (κ1) is 20.8. The van der Waals surface area contributed by atoms with Gasteiger partial charge in [0.25, 0.3) is 0 Å². The Morgan fingerprint density at radius 1 is 1.07 bits per heavy atom. The number of amides is 2. The summed E-state index contributed by atoms with van der Waals surface area (Å²) in [4.78, 5) is 28.6. The van der Waals surface area contributed by atoms with Crippen LogP contribution in [0.1, 0.15) is 51.2 Å². The second-order valence-electron chi connectivity index (χ2n) is 8.93. The SMILES string of the molecule is CC(=O)N1CCC[C@H](C(=O)NCc2ccccc2CN2C[C@H](C)C[C@@H](C)C2)C1. The number of nitrogens with one attached hydrogen (secondary N) is 1. The normalized spacial score (nSPS) is 26.1. The van der Waals surface area contributed by atoms with Crippen molar-refractivity contribution in [2.45, 2.75) is 53.1 Å². The van der Waals surface area contributed by atoms with Crippen molar-refractivity contribution in [3.05, 3.63) is 35.4 Å². The fourth-order valence-electron chi connectivity index (χ4n) is 4.85. The molecule has 0 radical (unpaired) electrons. The molecule has 1 aromatic rings. The van der Waals surface area contributed by atoms with E-state index in [9.17, 15) is 9.59 Å². The monoisotopic (exact) mass is 385 g/mol. The van der Waals surface area contributed by atoms with Crippen molar-refractivity contribution in [3.8, 4) is 0 Å². The number of likely N-dealkylation sites (tertiary alicyclic amines) is 2. The largest absolute Gasteiger partial charge is 0.352 e. The molecule has 0 spiro atoms. The second-order valence-corrected chi connectivity index (χ2v) is 8.93. The third-order valence-electron chi connectivity index (χ3n) is 6.15. The van der Waals surface area contributed by atoms with E-state index in [1.165, 1.54) is 17.5 Å². The molecule has 2 aliphatic heterocycles. The summed E-state index contributed by atoms with van der Waals surface area (Å²) in [6.07, 6.45) is 3.08. The molecule has 2 amide bonds. The number of nitrogens with zero attached hydrogens (tertiary/aromatic N) is 2. The summed E-state index contributed by atoms with van der Waals surface area (Å²) >= 11 is 0. The van der Waals surface area contributed by atoms with Crippen LogP contribution in [0.4, 0.5) is 0 Å². The molecular weight excluding hydrogens is 350 g/mol. The van der Waals surface area contributed by atoms with Gasteiger partial charge in [0.2, 0.25) is 11.8 Å². The number of hydrogen-bond donors (Lipinski definition) is 1. The zero-order valence-corrected chi connectivity index (χ0v) is 17.6. The van der Waals surface area contributed by atoms with Crippen LogP contribution in [0, 0.1) is 17.8 Å². The lowest BCUT2D eigenvalue weighted by Gasteiger charge is -2.35. The van der Waals surface area contributed by atoms with Crippen molar-refractivity contribution in [1.29, 1.82) is 0 Å². The lowest BCUT2D eigenvalue weighted by atomic mass is 9.91. The first-order valence-corrected chi connectivity index (χ1v) is 10.7. The van der Waals surface area contributed by atoms with Crippen LogP contribution in [0.5, 0.6) is 0 Å². The fraction of sp³-hybridized carbons (Fsp3) is 0.652. The van der Waals surface area contributed by atoms with Gasteiger partial charge in [-0.15, -0.1) is 0 Å². The molecule has 0 bridgehead atoms. The Hall–Kier alpha value is -1.88. The Bertz CT molecular complexity index is 680. The molecular formula is C23H35N3O2. The Balaban J connectivity index is 1.57. The lowest BCUT2D eigenvalue weighted by molar-refractivity contribution is -0.134. The minimum atomic E-state index is -0.0893. The average molecular weight is 386 g/mol. The highest BCUT2D eigenvalue weighted by Gasteiger charge is 2.27. The van der Waals surface area contributed by atoms with E-state index in [1.807, 2.05) is 6.07 Å². The van der Waals surface area contributed by atoms with Crippen molar-refractivity contribution in [1.82, 2.24) is 15.1 Å². The average Bonchev–Trinajstić information content (AvgIpc) is 2.66. The number of hydrogen-bond acceptors (Lipinski definition) is 3. The third kappa shape index (κ3) is 5.57. The van der Waals surface area contributed by atoms with Gasteiger partial charge in [0, 0.05) is 46.2 Å². The topological polar surface area (TPSA) is 52.7 Å². The van der Waals surface area contributed by atoms with Gasteiger partial charge < -0.3 is 10.2 Å². The molecule has 3 rings (SSSR count). The van der Waals surface area contributed by atoms with Crippen LogP contribution in [-0.2, 0) is 22.7 Å². The maximum atomic E-state index is 12.7. The molecule has 28 heavy (non-hydrogen) atoms. The van der Waals surface area contributed by atoms with Crippen LogP contribution in [0.3, 0.4) is 0 Å². The Morgan fingerprint density at radius 3 is 2.43 bits per heavy atom. The number of carbonyl (C=O) groups excluding carboxylic acids is 2. The molecule has 1 aromatic carbocycles. The molecule has 0 aliphatic carbocycles. The molecule has 3 atom stereocenters. The standard InChI is InChI=1S/C23H35N3O2/c1-17-11-18(2)14-25(13-17)15-21-8-5-4-7-20(21)12-24-23(28)22-9-6-10-26(16-22)19(3)27/h4-5,7-8,17-18,22H,6,9-16H2,1-3H3,(H,24,28)/t17-,18-,22+/m1/s1. The van der Waals surface area contributed by atoms with Crippen molar-refractivity contribution in [2.24, 2.45) is 17.8 Å². The van der Waals surface area contributed by atoms with Gasteiger partial charge in [-0.3, -0.25) is 14.5 Å². The molecule has 1 N–H and O–H groups in total. The maximum Gasteiger partial charge on any atom is 0.225 e. The molecule has 5 heteroatoms. The molecule has 0 unspecified atom stereocenters. The zero-order valence-electron chi connectivity index (χ0n) is 17.6. The van der Waals surface area contributed by atoms with Crippen LogP contribution in [0.2, 0.25) is 0 Å². The number of carbonyl (C=O) groups is 2. The van der Waals surface area contributed by atoms with Crippen LogP contribution in [-0.4, -0.2) is 47.8 Å². The summed E-state index contributed by atoms with van der Waals surface area (Å²) in [5, 5.41) is 3.13. The lowest BCUT2D eigenvalue weighted by Crippen LogP contribution is -2.44. The molecule has 154 valence electrons. The predicted molar refractivity (Wildman–Crippen MR) is 111 cm³/mol. The van der Waals surface area contributed by atoms with E-state index in [1.54, 1.807) is 11.8 Å². The van der Waals surface area contributed by atoms with E-state index in [0.29, 0.717) is 13.1 Å². The highest BCUT2D eigenvalue weighted by molar-refractivity contribution is 5.80. The Morgan fingerprint density at radius 2 is 1.75 bits per heavy atom. The van der Waals surface area contributed by atoms with Gasteiger partial charge in [0.15, 0.2) is 0 Å². The highest BCUT2D eigenvalue weighted by Crippen LogP contribution is 2.23. The van der Waals surface area contributed by atoms with Gasteiger partial charge >= 0.3 is 0 Å². The maximum absolute atomic E-state index is 12.7. The molecule has 0 saturated carbocycles. The Labute approximate surface area is 169 Å². The van der Waals surface area contributed by atoms with E-state index in [2.05, 4.69) is 42.3 Å². The highest BCUT2D eigenvalue weighted by atomic mass is 16.2. The van der Waals surface area contributed by atoms with Crippen molar-refractivity contribution < 1.29 is 9.59 Å². The molecule has 5 nitrogen and oxygen atoms in total. The summed E-state index contributed by atoms with van der Waals surface area (Å²) in [6.45, 7) is 11.4. The third-order valence-corrected chi connectivity index (χ3v) is 6.15. The minimum absolute atomic E-state index is 0.0628. The number of benzene rings is 1. The van der Waals surface area contributed by atoms with Crippen LogP contribution in [0.25, 0.3) is 0 Å². The molecule has 0 aromatic heterocycles. The zero-order chi connectivity index (χ0) is 20.1. The molecule has 2 heterocycles. The van der Waals surface area contributed by atoms with Crippen LogP contribution in [0.15, 0.2) is 24.3 Å². The smallest absolute Gasteiger partial charge is 0.225 e. The summed E-state index contributed by atoms with van der Waals surface area (Å²) in [6, 6.07) is 8.44. The summed E-state index contributed by atoms with van der Waals surface area (Å²) < 4.78 is 0. The number of piperidine rings is 2. The van der Waals surface area contributed by atoms with Crippen LogP contribution >= 0.6 is 0 Å². The predicted octanol–water partition coefficient (Wildman–Crippen LogP) is 3.04. The van der Waals surface area contributed by atoms with Crippen molar-refractivity contribution in [3.63, 3.8) is 0 Å². The van der Waals surface area contributed by atoms with Gasteiger partial charge in [-0.05, 0) is 42.2 Å². The summed E-state index contributed by atoms with van der Waals surface area (Å²) in [5.74, 6) is 1.53. The van der Waals surface area contributed by atoms with E-state index >= 15 is 0 Å². The van der Waals surface area contributed by atoms with Crippen molar-refractivity contribution in [2.75, 3.05) is 26.2 Å².